The van der Waals surface area contributed by atoms with E-state index < -0.39 is 10.0 Å². The molecule has 0 radical (unpaired) electrons. The molecule has 0 aliphatic rings. The van der Waals surface area contributed by atoms with Gasteiger partial charge in [-0.15, -0.1) is 0 Å². The third-order valence-electron chi connectivity index (χ3n) is 3.20. The summed E-state index contributed by atoms with van der Waals surface area (Å²) in [4.78, 5) is 0.0908. The van der Waals surface area contributed by atoms with Gasteiger partial charge in [0.05, 0.1) is 23.1 Å². The van der Waals surface area contributed by atoms with Gasteiger partial charge in [-0.2, -0.15) is 0 Å². The first-order valence-electron chi connectivity index (χ1n) is 7.40. The summed E-state index contributed by atoms with van der Waals surface area (Å²) in [5.74, 6) is 1.18. The minimum Gasteiger partial charge on any atom is -0.495 e. The van der Waals surface area contributed by atoms with Crippen molar-refractivity contribution in [3.8, 4) is 11.5 Å². The Morgan fingerprint density at radius 3 is 2.33 bits per heavy atom. The lowest BCUT2D eigenvalue weighted by Gasteiger charge is -2.11. The molecule has 0 unspecified atom stereocenters. The first kappa shape index (κ1) is 18.6. The summed E-state index contributed by atoms with van der Waals surface area (Å²) in [5.41, 5.74) is 0.828. The number of benzene rings is 2. The number of ether oxygens (including phenoxy) is 2. The van der Waals surface area contributed by atoms with Gasteiger partial charge in [-0.3, -0.25) is 0 Å². The van der Waals surface area contributed by atoms with Gasteiger partial charge in [0.2, 0.25) is 10.0 Å². The summed E-state index contributed by atoms with van der Waals surface area (Å²) in [5, 5.41) is 0.246. The average Bonchev–Trinajstić information content (AvgIpc) is 2.53. The van der Waals surface area contributed by atoms with Crippen LogP contribution in [0.1, 0.15) is 19.4 Å². The van der Waals surface area contributed by atoms with E-state index >= 15 is 0 Å². The molecular weight excluding hydrogens is 350 g/mol. The van der Waals surface area contributed by atoms with Crippen LogP contribution in [-0.4, -0.2) is 21.6 Å². The van der Waals surface area contributed by atoms with Crippen molar-refractivity contribution in [2.75, 3.05) is 7.11 Å². The Labute approximate surface area is 147 Å². The molecule has 0 saturated heterocycles. The highest BCUT2D eigenvalue weighted by Crippen LogP contribution is 2.27. The number of nitrogens with one attached hydrogen (secondary N) is 1. The SMILES string of the molecule is COc1ccc(S(=O)(=O)NCc2ccc(OC(C)C)cc2)cc1Cl. The molecule has 24 heavy (non-hydrogen) atoms. The van der Waals surface area contributed by atoms with Crippen LogP contribution in [0.2, 0.25) is 5.02 Å². The minimum atomic E-state index is -3.66. The lowest BCUT2D eigenvalue weighted by atomic mass is 10.2. The van der Waals surface area contributed by atoms with Crippen LogP contribution in [0.4, 0.5) is 0 Å². The van der Waals surface area contributed by atoms with E-state index in [9.17, 15) is 8.42 Å². The van der Waals surface area contributed by atoms with Crippen LogP contribution in [0.25, 0.3) is 0 Å². The van der Waals surface area contributed by atoms with Crippen molar-refractivity contribution in [2.24, 2.45) is 0 Å². The van der Waals surface area contributed by atoms with Crippen LogP contribution in [0.3, 0.4) is 0 Å². The van der Waals surface area contributed by atoms with Gasteiger partial charge in [0.15, 0.2) is 0 Å². The molecule has 0 spiro atoms. The summed E-state index contributed by atoms with van der Waals surface area (Å²) in [6, 6.07) is 11.6. The molecule has 2 aromatic carbocycles. The van der Waals surface area contributed by atoms with Crippen LogP contribution in [0.15, 0.2) is 47.4 Å². The quantitative estimate of drug-likeness (QED) is 0.809. The van der Waals surface area contributed by atoms with E-state index in [1.54, 1.807) is 0 Å². The monoisotopic (exact) mass is 369 g/mol. The first-order chi connectivity index (χ1) is 11.3. The van der Waals surface area contributed by atoms with Crippen molar-refractivity contribution in [2.45, 2.75) is 31.4 Å². The summed E-state index contributed by atoms with van der Waals surface area (Å²) in [6.07, 6.45) is 0.0918. The van der Waals surface area contributed by atoms with Crippen LogP contribution in [0, 0.1) is 0 Å². The molecule has 0 aliphatic heterocycles. The van der Waals surface area contributed by atoms with Crippen molar-refractivity contribution >= 4 is 21.6 Å². The number of hydrogen-bond donors (Lipinski definition) is 1. The highest BCUT2D eigenvalue weighted by atomic mass is 35.5. The number of methoxy groups -OCH3 is 1. The minimum absolute atomic E-state index is 0.0908. The summed E-state index contributed by atoms with van der Waals surface area (Å²) >= 11 is 5.98. The largest absolute Gasteiger partial charge is 0.495 e. The fourth-order valence-corrected chi connectivity index (χ4v) is 3.40. The van der Waals surface area contributed by atoms with Crippen LogP contribution in [-0.2, 0) is 16.6 Å². The number of rotatable bonds is 7. The van der Waals surface area contributed by atoms with E-state index in [0.29, 0.717) is 5.75 Å². The van der Waals surface area contributed by atoms with E-state index in [1.807, 2.05) is 38.1 Å². The molecule has 0 fully saturated rings. The summed E-state index contributed by atoms with van der Waals surface area (Å²) in [6.45, 7) is 4.07. The molecule has 2 rings (SSSR count). The third-order valence-corrected chi connectivity index (χ3v) is 4.89. The molecule has 0 aliphatic carbocycles. The molecule has 0 aromatic heterocycles. The number of hydrogen-bond acceptors (Lipinski definition) is 4. The normalized spacial score (nSPS) is 11.5. The maximum atomic E-state index is 12.3. The van der Waals surface area contributed by atoms with Crippen molar-refractivity contribution in [3.05, 3.63) is 53.1 Å². The van der Waals surface area contributed by atoms with Gasteiger partial charge < -0.3 is 9.47 Å². The van der Waals surface area contributed by atoms with E-state index in [-0.39, 0.29) is 22.6 Å². The van der Waals surface area contributed by atoms with Crippen molar-refractivity contribution < 1.29 is 17.9 Å². The summed E-state index contributed by atoms with van der Waals surface area (Å²) < 4.78 is 37.8. The van der Waals surface area contributed by atoms with Gasteiger partial charge in [-0.05, 0) is 49.7 Å². The van der Waals surface area contributed by atoms with E-state index in [1.165, 1.54) is 25.3 Å². The lowest BCUT2D eigenvalue weighted by molar-refractivity contribution is 0.242. The second-order valence-corrected chi connectivity index (χ2v) is 7.61. The third kappa shape index (κ3) is 4.87. The molecule has 130 valence electrons. The fourth-order valence-electron chi connectivity index (χ4n) is 2.03. The Morgan fingerprint density at radius 1 is 1.12 bits per heavy atom. The van der Waals surface area contributed by atoms with Crippen LogP contribution >= 0.6 is 11.6 Å². The predicted octanol–water partition coefficient (Wildman–Crippen LogP) is 3.61. The Bertz CT molecular complexity index is 789. The molecule has 0 atom stereocenters. The van der Waals surface area contributed by atoms with E-state index in [2.05, 4.69) is 4.72 Å². The molecule has 2 aromatic rings. The second-order valence-electron chi connectivity index (χ2n) is 5.43. The van der Waals surface area contributed by atoms with Gasteiger partial charge in [-0.25, -0.2) is 13.1 Å². The highest BCUT2D eigenvalue weighted by Gasteiger charge is 2.15. The first-order valence-corrected chi connectivity index (χ1v) is 9.27. The fraction of sp³-hybridized carbons (Fsp3) is 0.294. The summed E-state index contributed by atoms with van der Waals surface area (Å²) in [7, 11) is -2.18. The predicted molar refractivity (Wildman–Crippen MR) is 94.2 cm³/mol. The molecule has 0 heterocycles. The van der Waals surface area contributed by atoms with Crippen molar-refractivity contribution in [1.29, 1.82) is 0 Å². The smallest absolute Gasteiger partial charge is 0.240 e. The van der Waals surface area contributed by atoms with Gasteiger partial charge in [0.1, 0.15) is 11.5 Å². The zero-order chi connectivity index (χ0) is 17.7. The molecule has 5 nitrogen and oxygen atoms in total. The maximum absolute atomic E-state index is 12.3. The van der Waals surface area contributed by atoms with Crippen molar-refractivity contribution in [3.63, 3.8) is 0 Å². The average molecular weight is 370 g/mol. The van der Waals surface area contributed by atoms with Gasteiger partial charge >= 0.3 is 0 Å². The Balaban J connectivity index is 2.06. The Hall–Kier alpha value is -1.76. The standard InChI is InChI=1S/C17H20ClNO4S/c1-12(2)23-14-6-4-13(5-7-14)11-19-24(20,21)15-8-9-17(22-3)16(18)10-15/h4-10,12,19H,11H2,1-3H3. The highest BCUT2D eigenvalue weighted by molar-refractivity contribution is 7.89. The maximum Gasteiger partial charge on any atom is 0.240 e. The van der Waals surface area contributed by atoms with Crippen LogP contribution in [0.5, 0.6) is 11.5 Å². The molecule has 1 N–H and O–H groups in total. The zero-order valence-corrected chi connectivity index (χ0v) is 15.3. The Morgan fingerprint density at radius 2 is 1.79 bits per heavy atom. The van der Waals surface area contributed by atoms with Gasteiger partial charge in [0.25, 0.3) is 0 Å². The van der Waals surface area contributed by atoms with Crippen molar-refractivity contribution in [1.82, 2.24) is 4.72 Å². The Kier molecular flexibility index (Phi) is 6.10. The van der Waals surface area contributed by atoms with Crippen LogP contribution < -0.4 is 14.2 Å². The number of sulfonamides is 1. The number of halogens is 1. The molecule has 0 amide bonds. The van der Waals surface area contributed by atoms with E-state index in [4.69, 9.17) is 21.1 Å². The molecular formula is C17H20ClNO4S. The molecule has 0 saturated carbocycles. The van der Waals surface area contributed by atoms with Gasteiger partial charge in [-0.1, -0.05) is 23.7 Å². The van der Waals surface area contributed by atoms with Gasteiger partial charge in [0, 0.05) is 6.54 Å². The lowest BCUT2D eigenvalue weighted by Crippen LogP contribution is -2.23. The molecule has 7 heteroatoms. The van der Waals surface area contributed by atoms with E-state index in [0.717, 1.165) is 11.3 Å². The zero-order valence-electron chi connectivity index (χ0n) is 13.7. The topological polar surface area (TPSA) is 64.6 Å². The second kappa shape index (κ2) is 7.88. The molecule has 0 bridgehead atoms.